The monoisotopic (exact) mass is 410 g/mol. The molecule has 1 rings (SSSR count). The predicted octanol–water partition coefficient (Wildman–Crippen LogP) is 2.96. The molecule has 0 amide bonds. The van der Waals surface area contributed by atoms with E-state index in [2.05, 4.69) is 48.2 Å². The Morgan fingerprint density at radius 3 is 2.29 bits per heavy atom. The summed E-state index contributed by atoms with van der Waals surface area (Å²) in [4.78, 5) is 7.50. The Kier molecular flexibility index (Phi) is 9.96. The maximum Gasteiger partial charge on any atom is 0.191 e. The number of aliphatic imine (C=N–C) groups is 1. The second-order valence-electron chi connectivity index (χ2n) is 7.77. The zero-order valence-electron chi connectivity index (χ0n) is 18.5. The van der Waals surface area contributed by atoms with E-state index in [-0.39, 0.29) is 0 Å². The van der Waals surface area contributed by atoms with Crippen molar-refractivity contribution in [3.63, 3.8) is 0 Å². The van der Waals surface area contributed by atoms with Crippen LogP contribution < -0.4 is 10.6 Å². The van der Waals surface area contributed by atoms with Crippen LogP contribution in [0.25, 0.3) is 0 Å². The summed E-state index contributed by atoms with van der Waals surface area (Å²) in [5, 5.41) is 6.66. The van der Waals surface area contributed by atoms with E-state index >= 15 is 0 Å². The van der Waals surface area contributed by atoms with Crippen molar-refractivity contribution in [2.45, 2.75) is 71.5 Å². The fraction of sp³-hybridized carbons (Fsp3) is 0.667. The fourth-order valence-electron chi connectivity index (χ4n) is 3.32. The minimum absolute atomic E-state index is 0.380. The summed E-state index contributed by atoms with van der Waals surface area (Å²) in [6.45, 7) is 16.0. The van der Waals surface area contributed by atoms with Gasteiger partial charge in [-0.3, -0.25) is 4.90 Å². The molecule has 0 aromatic heterocycles. The molecule has 28 heavy (non-hydrogen) atoms. The van der Waals surface area contributed by atoms with E-state index in [9.17, 15) is 8.42 Å². The van der Waals surface area contributed by atoms with Gasteiger partial charge in [0.15, 0.2) is 15.8 Å². The molecule has 0 heterocycles. The average Bonchev–Trinajstić information content (AvgIpc) is 2.57. The average molecular weight is 411 g/mol. The molecular weight excluding hydrogens is 372 g/mol. The highest BCUT2D eigenvalue weighted by Crippen LogP contribution is 2.17. The molecule has 1 aromatic rings. The molecule has 0 unspecified atom stereocenters. The molecular formula is C21H38N4O2S. The summed E-state index contributed by atoms with van der Waals surface area (Å²) in [6.07, 6.45) is 2.28. The van der Waals surface area contributed by atoms with Gasteiger partial charge in [0, 0.05) is 38.0 Å². The van der Waals surface area contributed by atoms with E-state index in [0.29, 0.717) is 23.5 Å². The van der Waals surface area contributed by atoms with Crippen LogP contribution in [0.15, 0.2) is 28.1 Å². The third-order valence-electron chi connectivity index (χ3n) is 4.61. The normalized spacial score (nSPS) is 12.9. The van der Waals surface area contributed by atoms with Crippen molar-refractivity contribution in [1.29, 1.82) is 0 Å². The lowest BCUT2D eigenvalue weighted by atomic mass is 10.1. The minimum atomic E-state index is -3.19. The Morgan fingerprint density at radius 2 is 1.79 bits per heavy atom. The van der Waals surface area contributed by atoms with Crippen LogP contribution in [0.4, 0.5) is 0 Å². The number of guanidine groups is 1. The van der Waals surface area contributed by atoms with Crippen LogP contribution in [-0.2, 0) is 16.4 Å². The largest absolute Gasteiger partial charge is 0.357 e. The second-order valence-corrected chi connectivity index (χ2v) is 9.76. The summed E-state index contributed by atoms with van der Waals surface area (Å²) in [7, 11) is -3.19. The lowest BCUT2D eigenvalue weighted by molar-refractivity contribution is 0.173. The summed E-state index contributed by atoms with van der Waals surface area (Å²) in [5.74, 6) is 0.785. The van der Waals surface area contributed by atoms with Crippen molar-refractivity contribution in [2.75, 3.05) is 25.9 Å². The maximum absolute atomic E-state index is 11.7. The standard InChI is InChI=1S/C21H38N4O2S/c1-8-22-21(23-12-9-13-25(16(2)3)17(4)5)24-15-19-10-11-20(18(6)14-19)28(7,26)27/h10-11,14,16-17H,8-9,12-13,15H2,1-7H3,(H2,22,23,24). The molecule has 0 bridgehead atoms. The van der Waals surface area contributed by atoms with Gasteiger partial charge in [-0.25, -0.2) is 13.4 Å². The van der Waals surface area contributed by atoms with Crippen molar-refractivity contribution in [2.24, 2.45) is 4.99 Å². The third kappa shape index (κ3) is 8.19. The Balaban J connectivity index is 2.66. The van der Waals surface area contributed by atoms with Crippen molar-refractivity contribution in [1.82, 2.24) is 15.5 Å². The number of aryl methyl sites for hydroxylation is 1. The highest BCUT2D eigenvalue weighted by molar-refractivity contribution is 7.90. The molecule has 0 aliphatic heterocycles. The molecule has 0 aliphatic rings. The number of hydrogen-bond donors (Lipinski definition) is 2. The number of nitrogens with one attached hydrogen (secondary N) is 2. The summed E-state index contributed by atoms with van der Waals surface area (Å²) in [6, 6.07) is 6.48. The van der Waals surface area contributed by atoms with Crippen LogP contribution in [0, 0.1) is 6.92 Å². The van der Waals surface area contributed by atoms with Crippen molar-refractivity contribution in [3.05, 3.63) is 29.3 Å². The van der Waals surface area contributed by atoms with Crippen molar-refractivity contribution >= 4 is 15.8 Å². The fourth-order valence-corrected chi connectivity index (χ4v) is 4.28. The topological polar surface area (TPSA) is 73.8 Å². The first kappa shape index (κ1) is 24.4. The molecule has 6 nitrogen and oxygen atoms in total. The number of rotatable bonds is 10. The van der Waals surface area contributed by atoms with Gasteiger partial charge in [0.05, 0.1) is 11.4 Å². The van der Waals surface area contributed by atoms with Crippen LogP contribution in [0.1, 0.15) is 52.2 Å². The van der Waals surface area contributed by atoms with Gasteiger partial charge in [0.25, 0.3) is 0 Å². The summed E-state index contributed by atoms with van der Waals surface area (Å²) in [5.41, 5.74) is 1.75. The molecule has 0 saturated heterocycles. The van der Waals surface area contributed by atoms with E-state index in [1.807, 2.05) is 26.0 Å². The van der Waals surface area contributed by atoms with Gasteiger partial charge in [-0.2, -0.15) is 0 Å². The van der Waals surface area contributed by atoms with E-state index in [1.165, 1.54) is 6.26 Å². The third-order valence-corrected chi connectivity index (χ3v) is 5.87. The first-order valence-corrected chi connectivity index (χ1v) is 12.0. The van der Waals surface area contributed by atoms with Gasteiger partial charge in [-0.15, -0.1) is 0 Å². The lowest BCUT2D eigenvalue weighted by Crippen LogP contribution is -2.41. The quantitative estimate of drug-likeness (QED) is 0.352. The first-order chi connectivity index (χ1) is 13.1. The SMILES string of the molecule is CCNC(=NCc1ccc(S(C)(=O)=O)c(C)c1)NCCCN(C(C)C)C(C)C. The van der Waals surface area contributed by atoms with Gasteiger partial charge < -0.3 is 10.6 Å². The highest BCUT2D eigenvalue weighted by atomic mass is 32.2. The van der Waals surface area contributed by atoms with Crippen LogP contribution in [0.5, 0.6) is 0 Å². The predicted molar refractivity (Wildman–Crippen MR) is 119 cm³/mol. The maximum atomic E-state index is 11.7. The molecule has 0 aliphatic carbocycles. The van der Waals surface area contributed by atoms with Gasteiger partial charge in [0.1, 0.15) is 0 Å². The van der Waals surface area contributed by atoms with Gasteiger partial charge in [0.2, 0.25) is 0 Å². The van der Waals surface area contributed by atoms with Gasteiger partial charge in [-0.1, -0.05) is 12.1 Å². The number of benzene rings is 1. The highest BCUT2D eigenvalue weighted by Gasteiger charge is 2.13. The molecule has 1 aromatic carbocycles. The molecule has 0 radical (unpaired) electrons. The van der Waals surface area contributed by atoms with Gasteiger partial charge >= 0.3 is 0 Å². The number of hydrogen-bond acceptors (Lipinski definition) is 4. The Bertz CT molecular complexity index is 735. The molecule has 0 spiro atoms. The van der Waals surface area contributed by atoms with Crippen LogP contribution in [-0.4, -0.2) is 57.3 Å². The summed E-state index contributed by atoms with van der Waals surface area (Å²) >= 11 is 0. The lowest BCUT2D eigenvalue weighted by Gasteiger charge is -2.30. The summed E-state index contributed by atoms with van der Waals surface area (Å²) < 4.78 is 23.5. The Hall–Kier alpha value is -1.60. The first-order valence-electron chi connectivity index (χ1n) is 10.1. The van der Waals surface area contributed by atoms with E-state index in [1.54, 1.807) is 6.07 Å². The van der Waals surface area contributed by atoms with E-state index in [0.717, 1.165) is 43.1 Å². The Morgan fingerprint density at radius 1 is 1.14 bits per heavy atom. The molecule has 2 N–H and O–H groups in total. The molecule has 0 fully saturated rings. The van der Waals surface area contributed by atoms with Crippen LogP contribution in [0.3, 0.4) is 0 Å². The zero-order chi connectivity index (χ0) is 21.3. The molecule has 160 valence electrons. The van der Waals surface area contributed by atoms with E-state index < -0.39 is 9.84 Å². The number of sulfone groups is 1. The smallest absolute Gasteiger partial charge is 0.191 e. The molecule has 0 saturated carbocycles. The second kappa shape index (κ2) is 11.4. The minimum Gasteiger partial charge on any atom is -0.357 e. The zero-order valence-corrected chi connectivity index (χ0v) is 19.4. The van der Waals surface area contributed by atoms with Crippen LogP contribution in [0.2, 0.25) is 0 Å². The molecule has 0 atom stereocenters. The van der Waals surface area contributed by atoms with Crippen molar-refractivity contribution in [3.8, 4) is 0 Å². The van der Waals surface area contributed by atoms with Gasteiger partial charge in [-0.05, 0) is 65.2 Å². The van der Waals surface area contributed by atoms with Crippen molar-refractivity contribution < 1.29 is 8.42 Å². The van der Waals surface area contributed by atoms with E-state index in [4.69, 9.17) is 0 Å². The molecule has 7 heteroatoms. The van der Waals surface area contributed by atoms with Crippen LogP contribution >= 0.6 is 0 Å². The number of nitrogens with zero attached hydrogens (tertiary/aromatic N) is 2. The Labute approximate surface area is 171 Å².